The molecule has 0 aliphatic heterocycles. The molecule has 3 aromatic heterocycles. The number of para-hydroxylation sites is 2. The molecule has 0 saturated heterocycles. The van der Waals surface area contributed by atoms with E-state index in [0.717, 1.165) is 49.7 Å². The van der Waals surface area contributed by atoms with Crippen molar-refractivity contribution in [1.82, 2.24) is 19.5 Å². The SMILES string of the molecule is c1ccc(-n2c3ccc4ccccc4c3c3cccc(-c4nc(-c5cccc(-c6cccc7ccccc67)c5)nc(-c5cccc6sc7cc8ccccc8cc7c56)n4)c32)cc1. The van der Waals surface area contributed by atoms with Gasteiger partial charge in [0.05, 0.1) is 11.0 Å². The van der Waals surface area contributed by atoms with Gasteiger partial charge in [-0.05, 0) is 92.0 Å². The van der Waals surface area contributed by atoms with Gasteiger partial charge in [0.15, 0.2) is 17.5 Å². The monoisotopic (exact) mass is 806 g/mol. The van der Waals surface area contributed by atoms with Crippen LogP contribution in [0.4, 0.5) is 0 Å². The summed E-state index contributed by atoms with van der Waals surface area (Å²) in [6.07, 6.45) is 0. The third kappa shape index (κ3) is 5.42. The van der Waals surface area contributed by atoms with Crippen LogP contribution in [0.15, 0.2) is 206 Å². The standard InChI is InChI=1S/C57H34N4S/c1-2-21-41(22-3-1)61-49-31-30-36-15-7-9-24-44(36)52(49)45-26-12-28-47(54(45)61)57-59-55(40-20-10-19-39(32-40)43-25-11-18-35-14-6-8-23-42(35)43)58-56(60-57)46-27-13-29-50-53(46)48-33-37-16-4-5-17-38(37)34-51(48)62-50/h1-34H. The summed E-state index contributed by atoms with van der Waals surface area (Å²) >= 11 is 1.82. The van der Waals surface area contributed by atoms with E-state index in [1.54, 1.807) is 0 Å². The number of benzene rings is 10. The van der Waals surface area contributed by atoms with Crippen molar-refractivity contribution in [2.24, 2.45) is 0 Å². The first-order chi connectivity index (χ1) is 30.7. The number of aromatic nitrogens is 4. The van der Waals surface area contributed by atoms with Crippen LogP contribution < -0.4 is 0 Å². The highest BCUT2D eigenvalue weighted by Gasteiger charge is 2.23. The Balaban J connectivity index is 1.11. The Morgan fingerprint density at radius 1 is 0.339 bits per heavy atom. The molecular weight excluding hydrogens is 773 g/mol. The minimum Gasteiger partial charge on any atom is -0.308 e. The van der Waals surface area contributed by atoms with E-state index >= 15 is 0 Å². The van der Waals surface area contributed by atoms with Gasteiger partial charge >= 0.3 is 0 Å². The minimum absolute atomic E-state index is 0.623. The Morgan fingerprint density at radius 3 is 1.79 bits per heavy atom. The van der Waals surface area contributed by atoms with Crippen molar-refractivity contribution in [1.29, 1.82) is 0 Å². The second-order valence-corrected chi connectivity index (χ2v) is 17.0. The van der Waals surface area contributed by atoms with Crippen molar-refractivity contribution >= 4 is 85.6 Å². The summed E-state index contributed by atoms with van der Waals surface area (Å²) in [5, 5.41) is 12.0. The molecule has 5 heteroatoms. The zero-order valence-electron chi connectivity index (χ0n) is 33.3. The van der Waals surface area contributed by atoms with Crippen LogP contribution in [0.5, 0.6) is 0 Å². The predicted octanol–water partition coefficient (Wildman–Crippen LogP) is 15.5. The fourth-order valence-corrected chi connectivity index (χ4v) is 10.8. The predicted molar refractivity (Wildman–Crippen MR) is 261 cm³/mol. The van der Waals surface area contributed by atoms with E-state index < -0.39 is 0 Å². The summed E-state index contributed by atoms with van der Waals surface area (Å²) in [5.74, 6) is 1.89. The van der Waals surface area contributed by atoms with Crippen LogP contribution in [-0.4, -0.2) is 19.5 Å². The highest BCUT2D eigenvalue weighted by Crippen LogP contribution is 2.44. The van der Waals surface area contributed by atoms with Crippen LogP contribution in [0.25, 0.3) is 125 Å². The summed E-state index contributed by atoms with van der Waals surface area (Å²) in [4.78, 5) is 16.4. The van der Waals surface area contributed by atoms with E-state index in [4.69, 9.17) is 15.0 Å². The Labute approximate surface area is 360 Å². The lowest BCUT2D eigenvalue weighted by atomic mass is 9.97. The number of thiophene rings is 1. The summed E-state index contributed by atoms with van der Waals surface area (Å²) in [6, 6.07) is 73.8. The lowest BCUT2D eigenvalue weighted by Gasteiger charge is -2.13. The summed E-state index contributed by atoms with van der Waals surface area (Å²) in [7, 11) is 0. The van der Waals surface area contributed by atoms with Crippen LogP contribution in [-0.2, 0) is 0 Å². The molecule has 0 N–H and O–H groups in total. The van der Waals surface area contributed by atoms with Gasteiger partial charge in [-0.3, -0.25) is 0 Å². The zero-order chi connectivity index (χ0) is 40.7. The summed E-state index contributed by atoms with van der Waals surface area (Å²) < 4.78 is 4.83. The average molecular weight is 807 g/mol. The Kier molecular flexibility index (Phi) is 7.74. The van der Waals surface area contributed by atoms with Crippen LogP contribution >= 0.6 is 11.3 Å². The molecule has 0 amide bonds. The third-order valence-corrected chi connectivity index (χ3v) is 13.5. The summed E-state index contributed by atoms with van der Waals surface area (Å²) in [6.45, 7) is 0. The van der Waals surface area contributed by atoms with Gasteiger partial charge in [0.2, 0.25) is 0 Å². The van der Waals surface area contributed by atoms with Gasteiger partial charge in [-0.15, -0.1) is 11.3 Å². The molecule has 0 fully saturated rings. The number of rotatable bonds is 5. The van der Waals surface area contributed by atoms with Gasteiger partial charge in [-0.2, -0.15) is 0 Å². The number of hydrogen-bond donors (Lipinski definition) is 0. The van der Waals surface area contributed by atoms with E-state index in [1.807, 2.05) is 11.3 Å². The zero-order valence-corrected chi connectivity index (χ0v) is 34.1. The highest BCUT2D eigenvalue weighted by atomic mass is 32.1. The smallest absolute Gasteiger partial charge is 0.166 e. The van der Waals surface area contributed by atoms with Gasteiger partial charge in [0.1, 0.15) is 0 Å². The van der Waals surface area contributed by atoms with Crippen molar-refractivity contribution < 1.29 is 0 Å². The van der Waals surface area contributed by atoms with Gasteiger partial charge in [-0.1, -0.05) is 158 Å². The largest absolute Gasteiger partial charge is 0.308 e. The van der Waals surface area contributed by atoms with Crippen LogP contribution in [0.2, 0.25) is 0 Å². The van der Waals surface area contributed by atoms with Gasteiger partial charge in [-0.25, -0.2) is 15.0 Å². The van der Waals surface area contributed by atoms with Crippen LogP contribution in [0, 0.1) is 0 Å². The molecule has 0 saturated carbocycles. The molecule has 0 atom stereocenters. The molecule has 0 aliphatic carbocycles. The molecule has 0 unspecified atom stereocenters. The highest BCUT2D eigenvalue weighted by molar-refractivity contribution is 7.26. The number of nitrogens with zero attached hydrogens (tertiary/aromatic N) is 4. The quantitative estimate of drug-likeness (QED) is 0.174. The maximum atomic E-state index is 5.51. The first-order valence-electron chi connectivity index (χ1n) is 20.9. The fraction of sp³-hybridized carbons (Fsp3) is 0. The van der Waals surface area contributed by atoms with Crippen molar-refractivity contribution in [3.8, 4) is 51.0 Å². The molecule has 13 aromatic rings. The van der Waals surface area contributed by atoms with E-state index in [2.05, 4.69) is 211 Å². The Morgan fingerprint density at radius 2 is 0.935 bits per heavy atom. The Bertz CT molecular complexity index is 3930. The number of hydrogen-bond acceptors (Lipinski definition) is 4. The second kappa shape index (κ2) is 13.8. The van der Waals surface area contributed by atoms with E-state index in [-0.39, 0.29) is 0 Å². The first-order valence-corrected chi connectivity index (χ1v) is 21.7. The Hall–Kier alpha value is -7.99. The average Bonchev–Trinajstić information content (AvgIpc) is 3.89. The fourth-order valence-electron chi connectivity index (χ4n) is 9.61. The molecular formula is C57H34N4S. The first kappa shape index (κ1) is 34.8. The molecule has 62 heavy (non-hydrogen) atoms. The number of fused-ring (bicyclic) bond motifs is 10. The van der Waals surface area contributed by atoms with Gasteiger partial charge in [0.25, 0.3) is 0 Å². The molecule has 3 heterocycles. The normalized spacial score (nSPS) is 11.9. The van der Waals surface area contributed by atoms with Crippen molar-refractivity contribution in [2.45, 2.75) is 0 Å². The van der Waals surface area contributed by atoms with Crippen LogP contribution in [0.1, 0.15) is 0 Å². The topological polar surface area (TPSA) is 43.6 Å². The molecule has 10 aromatic carbocycles. The molecule has 13 rings (SSSR count). The summed E-state index contributed by atoms with van der Waals surface area (Å²) in [5.41, 5.74) is 8.41. The lowest BCUT2D eigenvalue weighted by Crippen LogP contribution is -2.02. The molecule has 0 radical (unpaired) electrons. The molecule has 0 aliphatic rings. The maximum Gasteiger partial charge on any atom is 0.166 e. The minimum atomic E-state index is 0.623. The van der Waals surface area contributed by atoms with E-state index in [9.17, 15) is 0 Å². The van der Waals surface area contributed by atoms with Crippen molar-refractivity contribution in [3.63, 3.8) is 0 Å². The molecule has 0 bridgehead atoms. The van der Waals surface area contributed by atoms with Crippen molar-refractivity contribution in [3.05, 3.63) is 206 Å². The molecule has 4 nitrogen and oxygen atoms in total. The maximum absolute atomic E-state index is 5.51. The van der Waals surface area contributed by atoms with Gasteiger partial charge < -0.3 is 4.57 Å². The molecule has 288 valence electrons. The molecule has 0 spiro atoms. The van der Waals surface area contributed by atoms with Crippen LogP contribution in [0.3, 0.4) is 0 Å². The van der Waals surface area contributed by atoms with Gasteiger partial charge in [0, 0.05) is 53.3 Å². The second-order valence-electron chi connectivity index (χ2n) is 15.9. The van der Waals surface area contributed by atoms with E-state index in [1.165, 1.54) is 58.1 Å². The van der Waals surface area contributed by atoms with Crippen molar-refractivity contribution in [2.75, 3.05) is 0 Å². The third-order valence-electron chi connectivity index (χ3n) is 12.4. The lowest BCUT2D eigenvalue weighted by molar-refractivity contribution is 1.07. The van der Waals surface area contributed by atoms with E-state index in [0.29, 0.717) is 17.5 Å².